The van der Waals surface area contributed by atoms with E-state index in [2.05, 4.69) is 0 Å². The zero-order chi connectivity index (χ0) is 21.1. The number of benzene rings is 3. The van der Waals surface area contributed by atoms with Crippen LogP contribution in [0.3, 0.4) is 0 Å². The van der Waals surface area contributed by atoms with Gasteiger partial charge < -0.3 is 9.84 Å². The molecule has 154 valence electrons. The SMILES string of the molecule is OC(Cc1ccc(F)c(Oc2ccccc2)c1)/C(F)=C(/c1ccc(Cl)cc1)C1CC1. The van der Waals surface area contributed by atoms with Gasteiger partial charge >= 0.3 is 0 Å². The smallest absolute Gasteiger partial charge is 0.165 e. The molecule has 0 aliphatic heterocycles. The zero-order valence-corrected chi connectivity index (χ0v) is 16.9. The molecule has 0 spiro atoms. The van der Waals surface area contributed by atoms with Gasteiger partial charge in [-0.1, -0.05) is 48.0 Å². The van der Waals surface area contributed by atoms with E-state index in [0.717, 1.165) is 18.4 Å². The summed E-state index contributed by atoms with van der Waals surface area (Å²) in [6, 6.07) is 20.1. The lowest BCUT2D eigenvalue weighted by molar-refractivity contribution is 0.183. The van der Waals surface area contributed by atoms with Gasteiger partial charge in [0.15, 0.2) is 11.6 Å². The molecule has 3 aromatic rings. The van der Waals surface area contributed by atoms with E-state index in [9.17, 15) is 9.50 Å². The monoisotopic (exact) mass is 426 g/mol. The average Bonchev–Trinajstić information content (AvgIpc) is 3.58. The molecule has 5 heteroatoms. The number of allylic oxidation sites excluding steroid dienone is 1. The Kier molecular flexibility index (Phi) is 6.16. The number of aliphatic hydroxyl groups is 1. The van der Waals surface area contributed by atoms with E-state index >= 15 is 4.39 Å². The maximum Gasteiger partial charge on any atom is 0.165 e. The standard InChI is InChI=1S/C25H21ClF2O2/c26-19-11-9-18(10-12-19)24(17-7-8-17)25(28)22(29)14-16-6-13-21(27)23(15-16)30-20-4-2-1-3-5-20/h1-6,9-13,15,17,22,29H,7-8,14H2/b25-24-. The molecule has 0 radical (unpaired) electrons. The Labute approximate surface area is 179 Å². The maximum absolute atomic E-state index is 15.2. The van der Waals surface area contributed by atoms with Crippen molar-refractivity contribution in [3.05, 3.63) is 101 Å². The first-order valence-corrected chi connectivity index (χ1v) is 10.2. The van der Waals surface area contributed by atoms with Gasteiger partial charge in [0.1, 0.15) is 17.7 Å². The molecule has 1 fully saturated rings. The molecule has 1 unspecified atom stereocenters. The molecule has 0 aromatic heterocycles. The van der Waals surface area contributed by atoms with Crippen molar-refractivity contribution in [3.8, 4) is 11.5 Å². The molecule has 30 heavy (non-hydrogen) atoms. The first-order valence-electron chi connectivity index (χ1n) is 9.86. The van der Waals surface area contributed by atoms with Gasteiger partial charge in [0.2, 0.25) is 0 Å². The Morgan fingerprint density at radius 3 is 2.40 bits per heavy atom. The van der Waals surface area contributed by atoms with E-state index in [-0.39, 0.29) is 18.1 Å². The van der Waals surface area contributed by atoms with Crippen LogP contribution in [0.1, 0.15) is 24.0 Å². The van der Waals surface area contributed by atoms with E-state index < -0.39 is 17.7 Å². The fourth-order valence-corrected chi connectivity index (χ4v) is 3.56. The van der Waals surface area contributed by atoms with Crippen LogP contribution < -0.4 is 4.74 Å². The molecule has 1 aliphatic rings. The van der Waals surface area contributed by atoms with Gasteiger partial charge in [-0.15, -0.1) is 0 Å². The van der Waals surface area contributed by atoms with E-state index in [1.807, 2.05) is 6.07 Å². The molecular formula is C25H21ClF2O2. The summed E-state index contributed by atoms with van der Waals surface area (Å²) >= 11 is 5.94. The maximum atomic E-state index is 15.2. The van der Waals surface area contributed by atoms with Gasteiger partial charge in [-0.3, -0.25) is 0 Å². The summed E-state index contributed by atoms with van der Waals surface area (Å²) in [6.07, 6.45) is 0.473. The Bertz CT molecular complexity index is 1040. The summed E-state index contributed by atoms with van der Waals surface area (Å²) in [5.41, 5.74) is 1.84. The van der Waals surface area contributed by atoms with Crippen LogP contribution in [0, 0.1) is 11.7 Å². The number of hydrogen-bond donors (Lipinski definition) is 1. The average molecular weight is 427 g/mol. The van der Waals surface area contributed by atoms with Crippen molar-refractivity contribution in [1.29, 1.82) is 0 Å². The number of halogens is 3. The molecule has 1 atom stereocenters. The third kappa shape index (κ3) is 4.89. The summed E-state index contributed by atoms with van der Waals surface area (Å²) < 4.78 is 35.0. The number of rotatable bonds is 7. The molecule has 1 aliphatic carbocycles. The molecule has 3 aromatic carbocycles. The van der Waals surface area contributed by atoms with Gasteiger partial charge in [0.05, 0.1) is 0 Å². The summed E-state index contributed by atoms with van der Waals surface area (Å²) in [5, 5.41) is 11.2. The number of hydrogen-bond acceptors (Lipinski definition) is 2. The zero-order valence-electron chi connectivity index (χ0n) is 16.2. The van der Waals surface area contributed by atoms with Crippen molar-refractivity contribution in [3.63, 3.8) is 0 Å². The molecule has 2 nitrogen and oxygen atoms in total. The highest BCUT2D eigenvalue weighted by molar-refractivity contribution is 6.30. The fourth-order valence-electron chi connectivity index (χ4n) is 3.43. The number of para-hydroxylation sites is 1. The van der Waals surface area contributed by atoms with Crippen LogP contribution in [0.4, 0.5) is 8.78 Å². The normalized spacial score (nSPS) is 15.5. The summed E-state index contributed by atoms with van der Waals surface area (Å²) in [4.78, 5) is 0. The number of aliphatic hydroxyl groups excluding tert-OH is 1. The van der Waals surface area contributed by atoms with Crippen LogP contribution in [0.15, 0.2) is 78.6 Å². The Morgan fingerprint density at radius 2 is 1.73 bits per heavy atom. The van der Waals surface area contributed by atoms with Crippen molar-refractivity contribution in [2.24, 2.45) is 5.92 Å². The Hall–Kier alpha value is -2.69. The predicted molar refractivity (Wildman–Crippen MR) is 115 cm³/mol. The molecule has 1 N–H and O–H groups in total. The van der Waals surface area contributed by atoms with Gasteiger partial charge in [-0.05, 0) is 71.9 Å². The quantitative estimate of drug-likeness (QED) is 0.442. The first kappa shape index (κ1) is 20.6. The van der Waals surface area contributed by atoms with Crippen molar-refractivity contribution in [2.45, 2.75) is 25.4 Å². The lowest BCUT2D eigenvalue weighted by Crippen LogP contribution is -2.14. The third-order valence-electron chi connectivity index (χ3n) is 5.09. The van der Waals surface area contributed by atoms with Crippen LogP contribution in [0.5, 0.6) is 11.5 Å². The molecule has 0 bridgehead atoms. The lowest BCUT2D eigenvalue weighted by Gasteiger charge is -2.15. The number of ether oxygens (including phenoxy) is 1. The first-order chi connectivity index (χ1) is 14.5. The highest BCUT2D eigenvalue weighted by Gasteiger charge is 2.32. The second-order valence-corrected chi connectivity index (χ2v) is 7.88. The molecule has 0 heterocycles. The van der Waals surface area contributed by atoms with Crippen molar-refractivity contribution in [2.75, 3.05) is 0 Å². The van der Waals surface area contributed by atoms with Crippen LogP contribution in [-0.4, -0.2) is 11.2 Å². The van der Waals surface area contributed by atoms with E-state index in [1.54, 1.807) is 48.5 Å². The molecule has 0 amide bonds. The minimum Gasteiger partial charge on any atom is -0.454 e. The van der Waals surface area contributed by atoms with E-state index in [4.69, 9.17) is 16.3 Å². The molecular weight excluding hydrogens is 406 g/mol. The van der Waals surface area contributed by atoms with Gasteiger partial charge in [0.25, 0.3) is 0 Å². The highest BCUT2D eigenvalue weighted by Crippen LogP contribution is 2.45. The van der Waals surface area contributed by atoms with E-state index in [1.165, 1.54) is 18.2 Å². The van der Waals surface area contributed by atoms with Crippen molar-refractivity contribution >= 4 is 17.2 Å². The van der Waals surface area contributed by atoms with Gasteiger partial charge in [-0.2, -0.15) is 0 Å². The fraction of sp³-hybridized carbons (Fsp3) is 0.200. The van der Waals surface area contributed by atoms with Crippen LogP contribution in [0.25, 0.3) is 5.57 Å². The third-order valence-corrected chi connectivity index (χ3v) is 5.34. The molecule has 1 saturated carbocycles. The largest absolute Gasteiger partial charge is 0.454 e. The Balaban J connectivity index is 1.56. The summed E-state index contributed by atoms with van der Waals surface area (Å²) in [7, 11) is 0. The predicted octanol–water partition coefficient (Wildman–Crippen LogP) is 6.97. The Morgan fingerprint density at radius 1 is 1.03 bits per heavy atom. The van der Waals surface area contributed by atoms with E-state index in [0.29, 0.717) is 21.9 Å². The van der Waals surface area contributed by atoms with Gasteiger partial charge in [0, 0.05) is 11.4 Å². The summed E-state index contributed by atoms with van der Waals surface area (Å²) in [5.74, 6) is -0.428. The topological polar surface area (TPSA) is 29.5 Å². The highest BCUT2D eigenvalue weighted by atomic mass is 35.5. The second-order valence-electron chi connectivity index (χ2n) is 7.44. The van der Waals surface area contributed by atoms with Crippen molar-refractivity contribution < 1.29 is 18.6 Å². The second kappa shape index (κ2) is 8.99. The van der Waals surface area contributed by atoms with Gasteiger partial charge in [-0.25, -0.2) is 8.78 Å². The van der Waals surface area contributed by atoms with Crippen LogP contribution in [-0.2, 0) is 6.42 Å². The van der Waals surface area contributed by atoms with Crippen LogP contribution >= 0.6 is 11.6 Å². The van der Waals surface area contributed by atoms with Crippen LogP contribution in [0.2, 0.25) is 5.02 Å². The molecule has 4 rings (SSSR count). The lowest BCUT2D eigenvalue weighted by atomic mass is 9.96. The minimum absolute atomic E-state index is 0.0150. The molecule has 0 saturated heterocycles. The van der Waals surface area contributed by atoms with Crippen molar-refractivity contribution in [1.82, 2.24) is 0 Å². The summed E-state index contributed by atoms with van der Waals surface area (Å²) in [6.45, 7) is 0. The minimum atomic E-state index is -1.33.